The van der Waals surface area contributed by atoms with Gasteiger partial charge in [-0.25, -0.2) is 14.3 Å². The Kier molecular flexibility index (Phi) is 4.67. The highest BCUT2D eigenvalue weighted by molar-refractivity contribution is 5.84. The highest BCUT2D eigenvalue weighted by Gasteiger charge is 2.37. The van der Waals surface area contributed by atoms with Crippen LogP contribution in [0.5, 0.6) is 0 Å². The van der Waals surface area contributed by atoms with Crippen molar-refractivity contribution >= 4 is 16.9 Å². The van der Waals surface area contributed by atoms with Gasteiger partial charge in [0.15, 0.2) is 5.82 Å². The van der Waals surface area contributed by atoms with Crippen molar-refractivity contribution in [2.24, 2.45) is 11.8 Å². The van der Waals surface area contributed by atoms with Gasteiger partial charge in [0.25, 0.3) is 0 Å². The number of furan rings is 1. The topological polar surface area (TPSA) is 84.1 Å². The molecule has 4 aromatic rings. The number of rotatable bonds is 5. The summed E-state index contributed by atoms with van der Waals surface area (Å²) in [5.74, 6) is 0.398. The summed E-state index contributed by atoms with van der Waals surface area (Å²) in [6, 6.07) is 12.5. The third-order valence-electron chi connectivity index (χ3n) is 6.72. The number of carbonyl (C=O) groups excluding carboxylic acids is 1. The second-order valence-electron chi connectivity index (χ2n) is 9.04. The van der Waals surface area contributed by atoms with Gasteiger partial charge >= 0.3 is 5.69 Å². The van der Waals surface area contributed by atoms with Crippen LogP contribution in [0.25, 0.3) is 33.5 Å². The van der Waals surface area contributed by atoms with E-state index in [9.17, 15) is 9.59 Å². The molecule has 1 unspecified atom stereocenters. The molecular weight excluding hydrogens is 423 g/mol. The first-order valence-corrected chi connectivity index (χ1v) is 11.3. The van der Waals surface area contributed by atoms with Gasteiger partial charge in [-0.15, -0.1) is 0 Å². The Morgan fingerprint density at radius 2 is 1.94 bits per heavy atom. The predicted molar refractivity (Wildman–Crippen MR) is 121 cm³/mol. The smallest absolute Gasteiger partial charge is 0.343 e. The second-order valence-corrected chi connectivity index (χ2v) is 9.04. The summed E-state index contributed by atoms with van der Waals surface area (Å²) in [5, 5.41) is 7.52. The molecule has 2 aliphatic rings. The van der Waals surface area contributed by atoms with Crippen molar-refractivity contribution in [2.75, 3.05) is 13.1 Å². The number of nitrogens with zero attached hydrogens (tertiary/aromatic N) is 3. The summed E-state index contributed by atoms with van der Waals surface area (Å²) in [5.41, 5.74) is 2.28. The summed E-state index contributed by atoms with van der Waals surface area (Å²) in [6.07, 6.45) is 4.42. The van der Waals surface area contributed by atoms with Crippen LogP contribution in [-0.2, 0) is 11.3 Å². The molecule has 0 bridgehead atoms. The van der Waals surface area contributed by atoms with Gasteiger partial charge in [-0.3, -0.25) is 9.36 Å². The van der Waals surface area contributed by atoms with Gasteiger partial charge in [-0.05, 0) is 66.6 Å². The third-order valence-corrected chi connectivity index (χ3v) is 6.72. The van der Waals surface area contributed by atoms with Crippen molar-refractivity contribution in [3.63, 3.8) is 0 Å². The highest BCUT2D eigenvalue weighted by atomic mass is 19.1. The van der Waals surface area contributed by atoms with E-state index >= 15 is 4.39 Å². The molecule has 1 aliphatic heterocycles. The van der Waals surface area contributed by atoms with Crippen LogP contribution in [0.2, 0.25) is 0 Å². The van der Waals surface area contributed by atoms with Crippen LogP contribution in [0.3, 0.4) is 0 Å². The average Bonchev–Trinajstić information content (AvgIpc) is 3.21. The van der Waals surface area contributed by atoms with Crippen molar-refractivity contribution < 1.29 is 13.6 Å². The summed E-state index contributed by atoms with van der Waals surface area (Å²) in [4.78, 5) is 26.7. The molecule has 3 heterocycles. The van der Waals surface area contributed by atoms with Crippen LogP contribution in [0.4, 0.5) is 4.39 Å². The zero-order valence-corrected chi connectivity index (χ0v) is 18.0. The number of hydrogen-bond donors (Lipinski definition) is 1. The fourth-order valence-electron chi connectivity index (χ4n) is 4.74. The van der Waals surface area contributed by atoms with Crippen LogP contribution in [-0.4, -0.2) is 38.7 Å². The highest BCUT2D eigenvalue weighted by Crippen LogP contribution is 2.33. The van der Waals surface area contributed by atoms with Gasteiger partial charge in [0.05, 0.1) is 11.8 Å². The zero-order valence-electron chi connectivity index (χ0n) is 18.0. The van der Waals surface area contributed by atoms with Crippen LogP contribution in [0.15, 0.2) is 57.9 Å². The number of benzene rings is 2. The maximum absolute atomic E-state index is 15.2. The van der Waals surface area contributed by atoms with Crippen LogP contribution in [0, 0.1) is 17.7 Å². The molecule has 2 aromatic heterocycles. The summed E-state index contributed by atoms with van der Waals surface area (Å²) in [7, 11) is 0. The van der Waals surface area contributed by atoms with Gasteiger partial charge < -0.3 is 9.32 Å². The minimum atomic E-state index is -0.447. The van der Waals surface area contributed by atoms with Crippen molar-refractivity contribution in [3.05, 3.63) is 65.0 Å². The number of nitrogens with one attached hydrogen (secondary N) is 1. The van der Waals surface area contributed by atoms with Gasteiger partial charge in [0.2, 0.25) is 5.91 Å². The number of fused-ring (bicyclic) bond motifs is 1. The summed E-state index contributed by atoms with van der Waals surface area (Å²) < 4.78 is 22.1. The maximum Gasteiger partial charge on any atom is 0.343 e. The van der Waals surface area contributed by atoms with E-state index in [0.29, 0.717) is 19.6 Å². The molecule has 168 valence electrons. The molecule has 1 amide bonds. The molecule has 33 heavy (non-hydrogen) atoms. The van der Waals surface area contributed by atoms with Crippen molar-refractivity contribution in [1.82, 2.24) is 19.7 Å². The number of hydrogen-bond acceptors (Lipinski definition) is 4. The first-order chi connectivity index (χ1) is 16.1. The second kappa shape index (κ2) is 7.72. The fraction of sp³-hybridized carbons (Fsp3) is 0.320. The molecule has 8 heteroatoms. The lowest BCUT2D eigenvalue weighted by Crippen LogP contribution is -2.31. The van der Waals surface area contributed by atoms with Gasteiger partial charge in [0.1, 0.15) is 11.4 Å². The Bertz CT molecular complexity index is 1410. The number of amides is 1. The molecule has 0 spiro atoms. The Labute approximate surface area is 188 Å². The van der Waals surface area contributed by atoms with Crippen molar-refractivity contribution in [1.29, 1.82) is 0 Å². The lowest BCUT2D eigenvalue weighted by Gasteiger charge is -2.16. The van der Waals surface area contributed by atoms with Crippen LogP contribution >= 0.6 is 0 Å². The Morgan fingerprint density at radius 3 is 2.76 bits per heavy atom. The Hall–Kier alpha value is -3.68. The minimum Gasteiger partial charge on any atom is -0.464 e. The largest absolute Gasteiger partial charge is 0.464 e. The van der Waals surface area contributed by atoms with Crippen LogP contribution < -0.4 is 5.69 Å². The average molecular weight is 446 g/mol. The number of aromatic amines is 1. The zero-order chi connectivity index (χ0) is 22.5. The molecule has 2 fully saturated rings. The molecule has 1 atom stereocenters. The molecule has 1 saturated carbocycles. The van der Waals surface area contributed by atoms with E-state index in [1.807, 2.05) is 35.2 Å². The molecule has 0 radical (unpaired) electrons. The molecule has 1 N–H and O–H groups in total. The quantitative estimate of drug-likeness (QED) is 0.501. The summed E-state index contributed by atoms with van der Waals surface area (Å²) >= 11 is 0. The molecular formula is C25H23FN4O3. The molecule has 2 aromatic carbocycles. The van der Waals surface area contributed by atoms with E-state index in [1.165, 1.54) is 10.6 Å². The molecule has 1 saturated heterocycles. The monoisotopic (exact) mass is 446 g/mol. The van der Waals surface area contributed by atoms with E-state index < -0.39 is 5.82 Å². The number of likely N-dealkylation sites (tertiary alicyclic amines) is 1. The third kappa shape index (κ3) is 3.65. The van der Waals surface area contributed by atoms with Gasteiger partial charge in [-0.1, -0.05) is 12.1 Å². The molecule has 7 nitrogen and oxygen atoms in total. The first kappa shape index (κ1) is 20.0. The number of H-pyrrole nitrogens is 1. The van der Waals surface area contributed by atoms with E-state index in [0.717, 1.165) is 41.4 Å². The number of aromatic nitrogens is 3. The van der Waals surface area contributed by atoms with Crippen molar-refractivity contribution in [2.45, 2.75) is 25.8 Å². The number of carbonyl (C=O) groups is 1. The normalized spacial score (nSPS) is 18.3. The summed E-state index contributed by atoms with van der Waals surface area (Å²) in [6.45, 7) is 1.74. The van der Waals surface area contributed by atoms with E-state index in [2.05, 4.69) is 10.2 Å². The predicted octanol–water partition coefficient (Wildman–Crippen LogP) is 4.05. The SMILES string of the molecule is O=C(C1CC1)N1CCC(Cn2c(-c3ccc(-c4ccc5occc5c4)cc3F)n[nH]c2=O)C1. The van der Waals surface area contributed by atoms with E-state index in [-0.39, 0.29) is 34.8 Å². The first-order valence-electron chi connectivity index (χ1n) is 11.3. The van der Waals surface area contributed by atoms with Gasteiger partial charge in [0, 0.05) is 30.9 Å². The lowest BCUT2D eigenvalue weighted by molar-refractivity contribution is -0.131. The maximum atomic E-state index is 15.2. The standard InChI is InChI=1S/C25H23FN4O3/c26-21-12-18(17-4-6-22-19(11-17)8-10-33-22)3-5-20(21)23-27-28-25(32)30(23)14-15-7-9-29(13-15)24(31)16-1-2-16/h3-6,8,10-12,15-16H,1-2,7,9,13-14H2,(H,28,32). The van der Waals surface area contributed by atoms with Crippen LogP contribution in [0.1, 0.15) is 19.3 Å². The van der Waals surface area contributed by atoms with E-state index in [1.54, 1.807) is 12.3 Å². The van der Waals surface area contributed by atoms with Crippen molar-refractivity contribution in [3.8, 4) is 22.5 Å². The molecule has 6 rings (SSSR count). The number of halogens is 1. The lowest BCUT2D eigenvalue weighted by atomic mass is 10.0. The Balaban J connectivity index is 1.25. The Morgan fingerprint density at radius 1 is 1.12 bits per heavy atom. The van der Waals surface area contributed by atoms with E-state index in [4.69, 9.17) is 4.42 Å². The fourth-order valence-corrected chi connectivity index (χ4v) is 4.74. The molecule has 1 aliphatic carbocycles. The van der Waals surface area contributed by atoms with Gasteiger partial charge in [-0.2, -0.15) is 5.10 Å². The minimum absolute atomic E-state index is 0.144.